The van der Waals surface area contributed by atoms with E-state index in [0.717, 1.165) is 38.5 Å². The molecule has 1 fully saturated rings. The number of hydrogen-bond donors (Lipinski definition) is 6. The lowest BCUT2D eigenvalue weighted by molar-refractivity contribution is -0.302. The van der Waals surface area contributed by atoms with Crippen LogP contribution in [0.3, 0.4) is 0 Å². The molecule has 1 aliphatic rings. The number of unbranched alkanes of at least 4 members (excludes halogenated alkanes) is 31. The van der Waals surface area contributed by atoms with Gasteiger partial charge in [0, 0.05) is 6.42 Å². The van der Waals surface area contributed by atoms with Gasteiger partial charge in [-0.2, -0.15) is 0 Å². The number of hydrogen-bond acceptors (Lipinski definition) is 8. The maximum Gasteiger partial charge on any atom is 0.220 e. The average Bonchev–Trinajstić information content (AvgIpc) is 3.20. The molecule has 1 saturated heterocycles. The van der Waals surface area contributed by atoms with Crippen molar-refractivity contribution in [2.45, 2.75) is 281 Å². The average molecular weight is 800 g/mol. The first kappa shape index (κ1) is 53.2. The van der Waals surface area contributed by atoms with Gasteiger partial charge in [0.25, 0.3) is 0 Å². The topological polar surface area (TPSA) is 149 Å². The van der Waals surface area contributed by atoms with E-state index < -0.39 is 49.5 Å². The van der Waals surface area contributed by atoms with E-state index in [-0.39, 0.29) is 12.5 Å². The van der Waals surface area contributed by atoms with Crippen LogP contribution in [0.4, 0.5) is 0 Å². The second kappa shape index (κ2) is 38.4. The van der Waals surface area contributed by atoms with Crippen molar-refractivity contribution in [3.63, 3.8) is 0 Å². The maximum absolute atomic E-state index is 13.0. The summed E-state index contributed by atoms with van der Waals surface area (Å²) in [7, 11) is 0. The van der Waals surface area contributed by atoms with Crippen LogP contribution in [-0.4, -0.2) is 87.5 Å². The van der Waals surface area contributed by atoms with Crippen molar-refractivity contribution >= 4 is 5.91 Å². The fraction of sp³-hybridized carbons (Fsp3) is 0.979. The molecule has 0 saturated carbocycles. The third-order valence-corrected chi connectivity index (χ3v) is 12.0. The molecule has 0 spiro atoms. The van der Waals surface area contributed by atoms with Crippen molar-refractivity contribution < 1.29 is 39.8 Å². The van der Waals surface area contributed by atoms with Crippen molar-refractivity contribution in [3.8, 4) is 0 Å². The molecule has 0 radical (unpaired) electrons. The summed E-state index contributed by atoms with van der Waals surface area (Å²) >= 11 is 0. The van der Waals surface area contributed by atoms with Crippen LogP contribution in [0.15, 0.2) is 0 Å². The molecular formula is C47H93NO8. The van der Waals surface area contributed by atoms with Gasteiger partial charge in [-0.1, -0.05) is 219 Å². The summed E-state index contributed by atoms with van der Waals surface area (Å²) in [6, 6.07) is -0.711. The Labute approximate surface area is 344 Å². The fourth-order valence-corrected chi connectivity index (χ4v) is 8.04. The van der Waals surface area contributed by atoms with Crippen molar-refractivity contribution in [1.29, 1.82) is 0 Å². The second-order valence-corrected chi connectivity index (χ2v) is 17.3. The summed E-state index contributed by atoms with van der Waals surface area (Å²) in [5.41, 5.74) is 0. The maximum atomic E-state index is 13.0. The van der Waals surface area contributed by atoms with Crippen LogP contribution in [0.5, 0.6) is 0 Å². The third kappa shape index (κ3) is 28.6. The Morgan fingerprint density at radius 3 is 1.27 bits per heavy atom. The number of aliphatic hydroxyl groups excluding tert-OH is 5. The summed E-state index contributed by atoms with van der Waals surface area (Å²) in [6.45, 7) is 3.85. The number of rotatable bonds is 41. The van der Waals surface area contributed by atoms with Crippen LogP contribution in [0.1, 0.15) is 239 Å². The zero-order valence-corrected chi connectivity index (χ0v) is 36.7. The van der Waals surface area contributed by atoms with Crippen molar-refractivity contribution in [1.82, 2.24) is 5.32 Å². The van der Waals surface area contributed by atoms with Crippen LogP contribution in [0, 0.1) is 0 Å². The molecule has 2 unspecified atom stereocenters. The predicted molar refractivity (Wildman–Crippen MR) is 231 cm³/mol. The minimum absolute atomic E-state index is 0.132. The van der Waals surface area contributed by atoms with Gasteiger partial charge in [-0.05, 0) is 12.8 Å². The lowest BCUT2D eigenvalue weighted by atomic mass is 9.99. The summed E-state index contributed by atoms with van der Waals surface area (Å²) in [5.74, 6) is -0.140. The number of carbonyl (C=O) groups excluding carboxylic acids is 1. The lowest BCUT2D eigenvalue weighted by Crippen LogP contribution is -2.60. The minimum atomic E-state index is -1.55. The molecule has 334 valence electrons. The Balaban J connectivity index is 2.24. The van der Waals surface area contributed by atoms with Crippen LogP contribution < -0.4 is 5.32 Å². The molecule has 0 bridgehead atoms. The first-order valence-corrected chi connectivity index (χ1v) is 24.2. The standard InChI is InChI=1S/C47H93NO8/c1-3-5-7-9-11-13-15-17-18-19-20-21-22-23-24-25-27-29-31-33-35-37-43(51)48-40(39-55-47-46(54)45(53)44(52)42(38-49)56-47)41(50)36-34-32-30-28-26-16-14-12-10-8-6-4-2/h40-42,44-47,49-50,52-54H,3-39H2,1-2H3,(H,48,51)/t40-,41+,42+,44+,45?,46?,47+/m0/s1. The van der Waals surface area contributed by atoms with Crippen LogP contribution in [0.25, 0.3) is 0 Å². The van der Waals surface area contributed by atoms with Crippen molar-refractivity contribution in [3.05, 3.63) is 0 Å². The second-order valence-electron chi connectivity index (χ2n) is 17.3. The highest BCUT2D eigenvalue weighted by molar-refractivity contribution is 5.76. The third-order valence-electron chi connectivity index (χ3n) is 12.0. The van der Waals surface area contributed by atoms with Gasteiger partial charge in [-0.25, -0.2) is 0 Å². The van der Waals surface area contributed by atoms with Gasteiger partial charge >= 0.3 is 0 Å². The highest BCUT2D eigenvalue weighted by Gasteiger charge is 2.44. The molecule has 9 nitrogen and oxygen atoms in total. The Morgan fingerprint density at radius 1 is 0.536 bits per heavy atom. The molecular weight excluding hydrogens is 707 g/mol. The summed E-state index contributed by atoms with van der Waals surface area (Å²) < 4.78 is 11.3. The molecule has 0 aromatic carbocycles. The quantitative estimate of drug-likeness (QED) is 0.0335. The highest BCUT2D eigenvalue weighted by Crippen LogP contribution is 2.23. The molecule has 0 aromatic heterocycles. The zero-order valence-electron chi connectivity index (χ0n) is 36.7. The van der Waals surface area contributed by atoms with E-state index in [1.54, 1.807) is 0 Å². The van der Waals surface area contributed by atoms with Crippen molar-refractivity contribution in [2.24, 2.45) is 0 Å². The molecule has 9 heteroatoms. The SMILES string of the molecule is CCCCCCCCCCCCCCCCCCCCCCCC(=O)N[C@@H](CO[C@@H]1O[C@H](CO)[C@@H](O)C(O)C1O)[C@H](O)CCCCCCCCCCCCCC. The smallest absolute Gasteiger partial charge is 0.220 e. The summed E-state index contributed by atoms with van der Waals surface area (Å²) in [5, 5.41) is 54.3. The van der Waals surface area contributed by atoms with Crippen molar-refractivity contribution in [2.75, 3.05) is 13.2 Å². The van der Waals surface area contributed by atoms with E-state index in [4.69, 9.17) is 9.47 Å². The fourth-order valence-electron chi connectivity index (χ4n) is 8.04. The summed E-state index contributed by atoms with van der Waals surface area (Å²) in [4.78, 5) is 13.0. The van der Waals surface area contributed by atoms with Gasteiger partial charge in [0.05, 0.1) is 25.4 Å². The van der Waals surface area contributed by atoms with Crippen LogP contribution >= 0.6 is 0 Å². The molecule has 56 heavy (non-hydrogen) atoms. The van der Waals surface area contributed by atoms with E-state index in [1.165, 1.54) is 173 Å². The molecule has 1 aliphatic heterocycles. The lowest BCUT2D eigenvalue weighted by Gasteiger charge is -2.40. The number of aliphatic hydroxyl groups is 5. The summed E-state index contributed by atoms with van der Waals surface area (Å²) in [6.07, 6.45) is 35.4. The minimum Gasteiger partial charge on any atom is -0.394 e. The monoisotopic (exact) mass is 800 g/mol. The normalized spacial score (nSPS) is 21.0. The van der Waals surface area contributed by atoms with E-state index in [2.05, 4.69) is 19.2 Å². The van der Waals surface area contributed by atoms with Gasteiger partial charge in [0.1, 0.15) is 24.4 Å². The van der Waals surface area contributed by atoms with Gasteiger partial charge in [0.15, 0.2) is 6.29 Å². The van der Waals surface area contributed by atoms with Crippen LogP contribution in [0.2, 0.25) is 0 Å². The molecule has 6 N–H and O–H groups in total. The first-order chi connectivity index (χ1) is 27.3. The molecule has 0 aliphatic carbocycles. The van der Waals surface area contributed by atoms with Gasteiger partial charge < -0.3 is 40.3 Å². The first-order valence-electron chi connectivity index (χ1n) is 24.2. The van der Waals surface area contributed by atoms with E-state index in [0.29, 0.717) is 12.8 Å². The van der Waals surface area contributed by atoms with E-state index in [9.17, 15) is 30.3 Å². The molecule has 1 amide bonds. The molecule has 1 heterocycles. The van der Waals surface area contributed by atoms with E-state index in [1.807, 2.05) is 0 Å². The van der Waals surface area contributed by atoms with Gasteiger partial charge in [-0.3, -0.25) is 4.79 Å². The van der Waals surface area contributed by atoms with Gasteiger partial charge in [-0.15, -0.1) is 0 Å². The molecule has 1 rings (SSSR count). The van der Waals surface area contributed by atoms with Crippen LogP contribution in [-0.2, 0) is 14.3 Å². The Morgan fingerprint density at radius 2 is 0.893 bits per heavy atom. The Bertz CT molecular complexity index is 847. The zero-order chi connectivity index (χ0) is 40.9. The largest absolute Gasteiger partial charge is 0.394 e. The van der Waals surface area contributed by atoms with E-state index >= 15 is 0 Å². The Hall–Kier alpha value is -0.810. The number of carbonyl (C=O) groups is 1. The Kier molecular flexibility index (Phi) is 36.5. The molecule has 7 atom stereocenters. The van der Waals surface area contributed by atoms with Gasteiger partial charge in [0.2, 0.25) is 5.91 Å². The number of nitrogens with one attached hydrogen (secondary N) is 1. The number of amides is 1. The number of ether oxygens (including phenoxy) is 2. The predicted octanol–water partition coefficient (Wildman–Crippen LogP) is 10.3. The highest BCUT2D eigenvalue weighted by atomic mass is 16.7. The molecule has 0 aromatic rings.